The fourth-order valence-corrected chi connectivity index (χ4v) is 8.17. The van der Waals surface area contributed by atoms with E-state index in [1.807, 2.05) is 6.07 Å². The van der Waals surface area contributed by atoms with Crippen LogP contribution in [0.15, 0.2) is 209 Å². The largest absolute Gasteiger partial charge is 0.455 e. The van der Waals surface area contributed by atoms with E-state index >= 15 is 0 Å². The van der Waals surface area contributed by atoms with Crippen molar-refractivity contribution in [2.45, 2.75) is 0 Å². The van der Waals surface area contributed by atoms with E-state index < -0.39 is 0 Å². The van der Waals surface area contributed by atoms with Gasteiger partial charge in [0.25, 0.3) is 0 Å². The molecule has 0 N–H and O–H groups in total. The first-order valence-electron chi connectivity index (χ1n) is 18.7. The van der Waals surface area contributed by atoms with Gasteiger partial charge in [0.2, 0.25) is 0 Å². The highest BCUT2D eigenvalue weighted by Gasteiger charge is 2.21. The van der Waals surface area contributed by atoms with Crippen LogP contribution in [0.4, 0.5) is 17.1 Å². The maximum absolute atomic E-state index is 6.86. The molecular weight excluding hydrogens is 671 g/mol. The molecule has 11 rings (SSSR count). The summed E-state index contributed by atoms with van der Waals surface area (Å²) in [4.78, 5) is 2.30. The first-order chi connectivity index (χ1) is 27.3. The van der Waals surface area contributed by atoms with E-state index in [0.29, 0.717) is 0 Å². The Morgan fingerprint density at radius 3 is 1.60 bits per heavy atom. The van der Waals surface area contributed by atoms with Crippen LogP contribution < -0.4 is 4.90 Å². The van der Waals surface area contributed by atoms with Gasteiger partial charge in [0.05, 0.1) is 5.69 Å². The molecule has 0 saturated heterocycles. The monoisotopic (exact) mass is 703 g/mol. The van der Waals surface area contributed by atoms with Crippen molar-refractivity contribution >= 4 is 71.7 Å². The van der Waals surface area contributed by atoms with E-state index in [-0.39, 0.29) is 0 Å². The Balaban J connectivity index is 1.03. The normalized spacial score (nSPS) is 11.6. The second-order valence-electron chi connectivity index (χ2n) is 14.1. The molecule has 0 amide bonds. The lowest BCUT2D eigenvalue weighted by atomic mass is 10.0. The topological polar surface area (TPSA) is 29.5 Å². The van der Waals surface area contributed by atoms with Gasteiger partial charge < -0.3 is 13.7 Å². The molecule has 0 saturated carbocycles. The zero-order valence-electron chi connectivity index (χ0n) is 29.8. The summed E-state index contributed by atoms with van der Waals surface area (Å²) in [6, 6.07) is 70.7. The van der Waals surface area contributed by atoms with Crippen molar-refractivity contribution in [2.24, 2.45) is 0 Å². The molecule has 0 radical (unpaired) electrons. The Bertz CT molecular complexity index is 3180. The lowest BCUT2D eigenvalue weighted by Gasteiger charge is -2.26. The number of rotatable bonds is 6. The molecule has 3 heteroatoms. The van der Waals surface area contributed by atoms with Gasteiger partial charge in [-0.1, -0.05) is 152 Å². The Morgan fingerprint density at radius 1 is 0.309 bits per heavy atom. The molecule has 0 aliphatic rings. The summed E-state index contributed by atoms with van der Waals surface area (Å²) in [6.45, 7) is 0. The van der Waals surface area contributed by atoms with Gasteiger partial charge in [-0.05, 0) is 81.7 Å². The molecule has 9 aromatic carbocycles. The predicted octanol–water partition coefficient (Wildman–Crippen LogP) is 15.1. The van der Waals surface area contributed by atoms with E-state index in [1.54, 1.807) is 0 Å². The second kappa shape index (κ2) is 12.6. The van der Waals surface area contributed by atoms with E-state index in [9.17, 15) is 0 Å². The summed E-state index contributed by atoms with van der Waals surface area (Å²) < 4.78 is 13.5. The third-order valence-electron chi connectivity index (χ3n) is 10.9. The number of hydrogen-bond acceptors (Lipinski definition) is 3. The van der Waals surface area contributed by atoms with Crippen molar-refractivity contribution < 1.29 is 8.83 Å². The lowest BCUT2D eigenvalue weighted by Crippen LogP contribution is -2.10. The highest BCUT2D eigenvalue weighted by atomic mass is 16.3. The maximum Gasteiger partial charge on any atom is 0.159 e. The average Bonchev–Trinajstić information content (AvgIpc) is 3.84. The highest BCUT2D eigenvalue weighted by molar-refractivity contribution is 6.17. The van der Waals surface area contributed by atoms with E-state index in [2.05, 4.69) is 199 Å². The van der Waals surface area contributed by atoms with Crippen molar-refractivity contribution in [3.63, 3.8) is 0 Å². The van der Waals surface area contributed by atoms with Crippen LogP contribution in [0.1, 0.15) is 0 Å². The number of para-hydroxylation sites is 2. The fourth-order valence-electron chi connectivity index (χ4n) is 8.17. The van der Waals surface area contributed by atoms with Gasteiger partial charge in [-0.25, -0.2) is 0 Å². The summed E-state index contributed by atoms with van der Waals surface area (Å²) in [6.07, 6.45) is 0. The molecule has 2 aromatic heterocycles. The van der Waals surface area contributed by atoms with Crippen LogP contribution in [0.2, 0.25) is 0 Å². The molecule has 0 spiro atoms. The molecule has 0 aliphatic heterocycles. The van der Waals surface area contributed by atoms with E-state index in [0.717, 1.165) is 94.0 Å². The van der Waals surface area contributed by atoms with Gasteiger partial charge in [-0.15, -0.1) is 0 Å². The van der Waals surface area contributed by atoms with Crippen molar-refractivity contribution in [2.75, 3.05) is 4.90 Å². The van der Waals surface area contributed by atoms with Crippen LogP contribution in [0.5, 0.6) is 0 Å². The number of anilines is 3. The molecule has 0 atom stereocenters. The number of nitrogens with zero attached hydrogens (tertiary/aromatic N) is 1. The molecule has 3 nitrogen and oxygen atoms in total. The van der Waals surface area contributed by atoms with Crippen LogP contribution in [-0.2, 0) is 0 Å². The molecule has 258 valence electrons. The summed E-state index contributed by atoms with van der Waals surface area (Å²) >= 11 is 0. The summed E-state index contributed by atoms with van der Waals surface area (Å²) in [5.74, 6) is 0. The van der Waals surface area contributed by atoms with Crippen molar-refractivity contribution in [3.05, 3.63) is 200 Å². The predicted molar refractivity (Wildman–Crippen MR) is 229 cm³/mol. The smallest absolute Gasteiger partial charge is 0.159 e. The minimum absolute atomic E-state index is 0.857. The van der Waals surface area contributed by atoms with Gasteiger partial charge in [-0.3, -0.25) is 0 Å². The van der Waals surface area contributed by atoms with E-state index in [1.165, 1.54) is 11.1 Å². The number of fused-ring (bicyclic) bond motifs is 8. The lowest BCUT2D eigenvalue weighted by molar-refractivity contribution is 0.670. The zero-order chi connectivity index (χ0) is 36.3. The molecule has 0 unspecified atom stereocenters. The maximum atomic E-state index is 6.86. The molecule has 0 aliphatic carbocycles. The SMILES string of the molecule is c1ccc(-c2ccc(N(c3ccc(-c4ccc5c(c4)oc4c(-c6ccccc6)cccc45)cc3)c3cccc4c3oc3c5ccccc5ccc43)cc2)cc1. The van der Waals surface area contributed by atoms with Gasteiger partial charge in [-0.2, -0.15) is 0 Å². The minimum atomic E-state index is 0.857. The standard InChI is InChI=1S/C52H33NO2/c1-3-11-34(12-4-1)35-21-27-40(28-22-35)53(48-20-10-19-46-47-32-25-38-15-7-8-16-42(38)51(47)55-52(46)48)41-29-23-36(24-30-41)39-26-31-44-45-18-9-17-43(37-13-5-2-6-14-37)50(45)54-49(44)33-39/h1-33H. The van der Waals surface area contributed by atoms with Crippen LogP contribution in [0, 0.1) is 0 Å². The average molecular weight is 704 g/mol. The minimum Gasteiger partial charge on any atom is -0.455 e. The van der Waals surface area contributed by atoms with Crippen LogP contribution in [0.25, 0.3) is 88.0 Å². The summed E-state index contributed by atoms with van der Waals surface area (Å²) in [5, 5.41) is 6.72. The van der Waals surface area contributed by atoms with Gasteiger partial charge in [0.1, 0.15) is 16.7 Å². The molecule has 0 fully saturated rings. The Kier molecular flexibility index (Phi) is 7.17. The highest BCUT2D eigenvalue weighted by Crippen LogP contribution is 2.44. The summed E-state index contributed by atoms with van der Waals surface area (Å²) in [7, 11) is 0. The molecule has 55 heavy (non-hydrogen) atoms. The molecular formula is C52H33NO2. The van der Waals surface area contributed by atoms with Gasteiger partial charge in [0.15, 0.2) is 5.58 Å². The van der Waals surface area contributed by atoms with Crippen LogP contribution in [-0.4, -0.2) is 0 Å². The molecule has 2 heterocycles. The van der Waals surface area contributed by atoms with Crippen molar-refractivity contribution in [1.29, 1.82) is 0 Å². The zero-order valence-corrected chi connectivity index (χ0v) is 29.8. The van der Waals surface area contributed by atoms with Gasteiger partial charge in [0, 0.05) is 43.9 Å². The molecule has 0 bridgehead atoms. The van der Waals surface area contributed by atoms with E-state index in [4.69, 9.17) is 8.83 Å². The van der Waals surface area contributed by atoms with Crippen LogP contribution in [0.3, 0.4) is 0 Å². The number of furan rings is 2. The Hall–Kier alpha value is -7.36. The second-order valence-corrected chi connectivity index (χ2v) is 14.1. The van der Waals surface area contributed by atoms with Crippen molar-refractivity contribution in [3.8, 4) is 33.4 Å². The van der Waals surface area contributed by atoms with Gasteiger partial charge >= 0.3 is 0 Å². The Labute approximate surface area is 317 Å². The quantitative estimate of drug-likeness (QED) is 0.173. The first-order valence-corrected chi connectivity index (χ1v) is 18.7. The number of benzene rings is 9. The first kappa shape index (κ1) is 31.2. The number of hydrogen-bond donors (Lipinski definition) is 0. The van der Waals surface area contributed by atoms with Crippen molar-refractivity contribution in [1.82, 2.24) is 0 Å². The molecule has 11 aromatic rings. The third kappa shape index (κ3) is 5.20. The summed E-state index contributed by atoms with van der Waals surface area (Å²) in [5.41, 5.74) is 13.4. The third-order valence-corrected chi connectivity index (χ3v) is 10.9. The Morgan fingerprint density at radius 2 is 0.855 bits per heavy atom. The fraction of sp³-hybridized carbons (Fsp3) is 0. The van der Waals surface area contributed by atoms with Crippen LogP contribution >= 0.6 is 0 Å².